The first-order valence-corrected chi connectivity index (χ1v) is 9.15. The highest BCUT2D eigenvalue weighted by atomic mass is 16.1. The molecule has 23 heavy (non-hydrogen) atoms. The zero-order valence-corrected chi connectivity index (χ0v) is 14.6. The van der Waals surface area contributed by atoms with E-state index in [-0.39, 0.29) is 11.8 Å². The molecule has 1 aliphatic carbocycles. The van der Waals surface area contributed by atoms with Crippen LogP contribution in [0.25, 0.3) is 0 Å². The molecule has 1 N–H and O–H groups in total. The Balaban J connectivity index is 1.51. The third-order valence-corrected chi connectivity index (χ3v) is 5.46. The number of carbonyl (C=O) groups is 1. The molecule has 0 spiro atoms. The standard InChI is InChI=1S/C18H30N4O/c1-14-11-17(21(2)20-14)12-19-18(23)15-7-6-10-22(13-15)16-8-4-3-5-9-16/h11,15-16H,3-10,12-13H2,1-2H3,(H,19,23). The largest absolute Gasteiger partial charge is 0.350 e. The molecule has 3 rings (SSSR count). The van der Waals surface area contributed by atoms with Crippen molar-refractivity contribution in [2.24, 2.45) is 13.0 Å². The fourth-order valence-electron chi connectivity index (χ4n) is 4.15. The molecule has 1 saturated heterocycles. The van der Waals surface area contributed by atoms with Crippen LogP contribution in [0.4, 0.5) is 0 Å². The maximum Gasteiger partial charge on any atom is 0.224 e. The molecule has 1 saturated carbocycles. The van der Waals surface area contributed by atoms with Gasteiger partial charge in [0.15, 0.2) is 0 Å². The average molecular weight is 318 g/mol. The lowest BCUT2D eigenvalue weighted by molar-refractivity contribution is -0.127. The Morgan fingerprint density at radius 3 is 2.74 bits per heavy atom. The Morgan fingerprint density at radius 2 is 2.04 bits per heavy atom. The molecule has 5 nitrogen and oxygen atoms in total. The van der Waals surface area contributed by atoms with E-state index in [1.165, 1.54) is 38.6 Å². The van der Waals surface area contributed by atoms with Gasteiger partial charge in [-0.25, -0.2) is 0 Å². The number of rotatable bonds is 4. The normalized spacial score (nSPS) is 23.8. The minimum atomic E-state index is 0.153. The number of aromatic nitrogens is 2. The van der Waals surface area contributed by atoms with Crippen LogP contribution in [-0.2, 0) is 18.4 Å². The zero-order chi connectivity index (χ0) is 16.2. The number of carbonyl (C=O) groups excluding carboxylic acids is 1. The van der Waals surface area contributed by atoms with Gasteiger partial charge in [-0.1, -0.05) is 19.3 Å². The van der Waals surface area contributed by atoms with Crippen LogP contribution in [0.1, 0.15) is 56.3 Å². The average Bonchev–Trinajstić information content (AvgIpc) is 2.91. The van der Waals surface area contributed by atoms with E-state index in [2.05, 4.69) is 15.3 Å². The quantitative estimate of drug-likeness (QED) is 0.927. The maximum absolute atomic E-state index is 12.6. The molecular weight excluding hydrogens is 288 g/mol. The molecule has 1 unspecified atom stereocenters. The highest BCUT2D eigenvalue weighted by Gasteiger charge is 2.30. The van der Waals surface area contributed by atoms with E-state index < -0.39 is 0 Å². The smallest absolute Gasteiger partial charge is 0.224 e. The molecular formula is C18H30N4O. The van der Waals surface area contributed by atoms with Crippen molar-refractivity contribution in [1.82, 2.24) is 20.0 Å². The van der Waals surface area contributed by atoms with Gasteiger partial charge in [0, 0.05) is 19.6 Å². The molecule has 1 aromatic heterocycles. The SMILES string of the molecule is Cc1cc(CNC(=O)C2CCCN(C3CCCCC3)C2)n(C)n1. The van der Waals surface area contributed by atoms with Gasteiger partial charge in [-0.05, 0) is 45.2 Å². The molecule has 2 fully saturated rings. The van der Waals surface area contributed by atoms with Gasteiger partial charge in [-0.2, -0.15) is 5.10 Å². The summed E-state index contributed by atoms with van der Waals surface area (Å²) in [6, 6.07) is 2.76. The van der Waals surface area contributed by atoms with Gasteiger partial charge < -0.3 is 5.32 Å². The topological polar surface area (TPSA) is 50.2 Å². The third kappa shape index (κ3) is 4.14. The van der Waals surface area contributed by atoms with Crippen LogP contribution < -0.4 is 5.32 Å². The van der Waals surface area contributed by atoms with Crippen molar-refractivity contribution in [3.63, 3.8) is 0 Å². The van der Waals surface area contributed by atoms with E-state index in [0.29, 0.717) is 6.54 Å². The lowest BCUT2D eigenvalue weighted by atomic mass is 9.90. The van der Waals surface area contributed by atoms with E-state index in [9.17, 15) is 4.79 Å². The molecule has 5 heteroatoms. The monoisotopic (exact) mass is 318 g/mol. The first-order chi connectivity index (χ1) is 11.1. The summed E-state index contributed by atoms with van der Waals surface area (Å²) in [6.45, 7) is 4.68. The summed E-state index contributed by atoms with van der Waals surface area (Å²) in [5.41, 5.74) is 2.06. The molecule has 0 aromatic carbocycles. The van der Waals surface area contributed by atoms with E-state index in [0.717, 1.165) is 36.8 Å². The molecule has 0 radical (unpaired) electrons. The van der Waals surface area contributed by atoms with Crippen molar-refractivity contribution in [1.29, 1.82) is 0 Å². The Hall–Kier alpha value is -1.36. The number of aryl methyl sites for hydroxylation is 2. The van der Waals surface area contributed by atoms with Crippen LogP contribution in [0.5, 0.6) is 0 Å². The van der Waals surface area contributed by atoms with Crippen molar-refractivity contribution in [3.05, 3.63) is 17.5 Å². The molecule has 1 aromatic rings. The highest BCUT2D eigenvalue weighted by Crippen LogP contribution is 2.27. The van der Waals surface area contributed by atoms with E-state index >= 15 is 0 Å². The summed E-state index contributed by atoms with van der Waals surface area (Å²) in [6.07, 6.45) is 8.93. The van der Waals surface area contributed by atoms with Gasteiger partial charge in [-0.15, -0.1) is 0 Å². The van der Waals surface area contributed by atoms with Crippen LogP contribution in [0, 0.1) is 12.8 Å². The third-order valence-electron chi connectivity index (χ3n) is 5.46. The fourth-order valence-corrected chi connectivity index (χ4v) is 4.15. The summed E-state index contributed by atoms with van der Waals surface area (Å²) in [4.78, 5) is 15.1. The predicted octanol–water partition coefficient (Wildman–Crippen LogP) is 2.39. The number of piperidine rings is 1. The van der Waals surface area contributed by atoms with Crippen LogP contribution in [0.15, 0.2) is 6.07 Å². The van der Waals surface area contributed by atoms with Crippen molar-refractivity contribution in [2.45, 2.75) is 64.5 Å². The Bertz CT molecular complexity index is 533. The first kappa shape index (κ1) is 16.5. The molecule has 1 aliphatic heterocycles. The van der Waals surface area contributed by atoms with E-state index in [1.807, 2.05) is 24.7 Å². The lowest BCUT2D eigenvalue weighted by Crippen LogP contribution is -2.47. The van der Waals surface area contributed by atoms with Gasteiger partial charge in [0.1, 0.15) is 0 Å². The summed E-state index contributed by atoms with van der Waals surface area (Å²) in [5, 5.41) is 7.45. The zero-order valence-electron chi connectivity index (χ0n) is 14.6. The molecule has 0 bridgehead atoms. The Labute approximate surface area is 139 Å². The molecule has 2 heterocycles. The highest BCUT2D eigenvalue weighted by molar-refractivity contribution is 5.78. The Kier molecular flexibility index (Phi) is 5.36. The van der Waals surface area contributed by atoms with Gasteiger partial charge >= 0.3 is 0 Å². The van der Waals surface area contributed by atoms with E-state index in [1.54, 1.807) is 0 Å². The number of likely N-dealkylation sites (tertiary alicyclic amines) is 1. The van der Waals surface area contributed by atoms with Crippen molar-refractivity contribution < 1.29 is 4.79 Å². The number of amides is 1. The van der Waals surface area contributed by atoms with E-state index in [4.69, 9.17) is 0 Å². The van der Waals surface area contributed by atoms with Gasteiger partial charge in [0.25, 0.3) is 0 Å². The molecule has 1 amide bonds. The second-order valence-corrected chi connectivity index (χ2v) is 7.24. The van der Waals surface area contributed by atoms with Gasteiger partial charge in [0.05, 0.1) is 23.9 Å². The predicted molar refractivity (Wildman–Crippen MR) is 91.0 cm³/mol. The lowest BCUT2D eigenvalue weighted by Gasteiger charge is -2.39. The summed E-state index contributed by atoms with van der Waals surface area (Å²) in [5.74, 6) is 0.365. The van der Waals surface area contributed by atoms with Gasteiger partial charge in [-0.3, -0.25) is 14.4 Å². The van der Waals surface area contributed by atoms with Gasteiger partial charge in [0.2, 0.25) is 5.91 Å². The first-order valence-electron chi connectivity index (χ1n) is 9.15. The minimum Gasteiger partial charge on any atom is -0.350 e. The summed E-state index contributed by atoms with van der Waals surface area (Å²) >= 11 is 0. The second kappa shape index (κ2) is 7.47. The van der Waals surface area contributed by atoms with Crippen molar-refractivity contribution >= 4 is 5.91 Å². The summed E-state index contributed by atoms with van der Waals surface area (Å²) < 4.78 is 1.85. The maximum atomic E-state index is 12.6. The fraction of sp³-hybridized carbons (Fsp3) is 0.778. The van der Waals surface area contributed by atoms with Crippen molar-refractivity contribution in [3.8, 4) is 0 Å². The van der Waals surface area contributed by atoms with Crippen LogP contribution in [-0.4, -0.2) is 39.7 Å². The van der Waals surface area contributed by atoms with Crippen LogP contribution in [0.3, 0.4) is 0 Å². The second-order valence-electron chi connectivity index (χ2n) is 7.24. The summed E-state index contributed by atoms with van der Waals surface area (Å²) in [7, 11) is 1.93. The number of hydrogen-bond donors (Lipinski definition) is 1. The molecule has 2 aliphatic rings. The van der Waals surface area contributed by atoms with Crippen LogP contribution in [0.2, 0.25) is 0 Å². The van der Waals surface area contributed by atoms with Crippen molar-refractivity contribution in [2.75, 3.05) is 13.1 Å². The van der Waals surface area contributed by atoms with Crippen LogP contribution >= 0.6 is 0 Å². The minimum absolute atomic E-state index is 0.153. The Morgan fingerprint density at radius 1 is 1.26 bits per heavy atom. The number of nitrogens with zero attached hydrogens (tertiary/aromatic N) is 3. The molecule has 128 valence electrons. The number of nitrogens with one attached hydrogen (secondary N) is 1. The molecule has 1 atom stereocenters. The number of hydrogen-bond acceptors (Lipinski definition) is 3.